The van der Waals surface area contributed by atoms with Crippen LogP contribution in [0.1, 0.15) is 19.3 Å². The maximum Gasteiger partial charge on any atom is 0.329 e. The number of carboxylic acids is 1. The minimum Gasteiger partial charge on any atom is -0.480 e. The van der Waals surface area contributed by atoms with Gasteiger partial charge in [0.1, 0.15) is 6.61 Å². The molecule has 0 aliphatic heterocycles. The third-order valence-corrected chi connectivity index (χ3v) is 1.22. The standard InChI is InChI=1S/C7H13BO3.Y/c8-4-2-1-3-5-11-6-7(9)10;/h1-6H2,(H,9,10);. The molecule has 3 radical (unpaired) electrons. The van der Waals surface area contributed by atoms with Gasteiger partial charge in [0, 0.05) is 39.3 Å². The van der Waals surface area contributed by atoms with E-state index in [0.717, 1.165) is 19.3 Å². The van der Waals surface area contributed by atoms with E-state index in [1.807, 2.05) is 0 Å². The van der Waals surface area contributed by atoms with E-state index in [-0.39, 0.29) is 39.3 Å². The van der Waals surface area contributed by atoms with Crippen molar-refractivity contribution in [1.82, 2.24) is 0 Å². The van der Waals surface area contributed by atoms with Crippen molar-refractivity contribution >= 4 is 13.8 Å². The van der Waals surface area contributed by atoms with Gasteiger partial charge in [-0.3, -0.25) is 0 Å². The number of hydrogen-bond donors (Lipinski definition) is 1. The predicted molar refractivity (Wildman–Crippen MR) is 42.9 cm³/mol. The molecule has 0 saturated carbocycles. The fourth-order valence-corrected chi connectivity index (χ4v) is 0.685. The minimum atomic E-state index is -0.913. The Morgan fingerprint density at radius 3 is 2.50 bits per heavy atom. The van der Waals surface area contributed by atoms with E-state index >= 15 is 0 Å². The van der Waals surface area contributed by atoms with E-state index < -0.39 is 5.97 Å². The summed E-state index contributed by atoms with van der Waals surface area (Å²) in [5.74, 6) is -0.913. The molecule has 0 rings (SSSR count). The molecular weight excluding hydrogens is 232 g/mol. The molecule has 0 bridgehead atoms. The van der Waals surface area contributed by atoms with Crippen LogP contribution in [-0.4, -0.2) is 32.1 Å². The minimum absolute atomic E-state index is 0. The molecule has 12 heavy (non-hydrogen) atoms. The Kier molecular flexibility index (Phi) is 14.6. The van der Waals surface area contributed by atoms with Gasteiger partial charge in [0.15, 0.2) is 0 Å². The van der Waals surface area contributed by atoms with Crippen molar-refractivity contribution in [1.29, 1.82) is 0 Å². The van der Waals surface area contributed by atoms with Crippen LogP contribution in [-0.2, 0) is 42.2 Å². The molecule has 65 valence electrons. The number of ether oxygens (including phenoxy) is 1. The van der Waals surface area contributed by atoms with Gasteiger partial charge in [0.25, 0.3) is 0 Å². The van der Waals surface area contributed by atoms with Gasteiger partial charge >= 0.3 is 5.97 Å². The van der Waals surface area contributed by atoms with Crippen LogP contribution in [0.2, 0.25) is 6.32 Å². The Morgan fingerprint density at radius 1 is 1.33 bits per heavy atom. The van der Waals surface area contributed by atoms with Gasteiger partial charge in [-0.15, -0.1) is 0 Å². The fourth-order valence-electron chi connectivity index (χ4n) is 0.685. The Hall–Kier alpha value is 0.599. The molecule has 0 aromatic rings. The summed E-state index contributed by atoms with van der Waals surface area (Å²) in [4.78, 5) is 9.94. The molecule has 0 heterocycles. The topological polar surface area (TPSA) is 46.5 Å². The second kappa shape index (κ2) is 11.6. The molecule has 0 saturated heterocycles. The van der Waals surface area contributed by atoms with E-state index in [4.69, 9.17) is 17.7 Å². The van der Waals surface area contributed by atoms with Gasteiger partial charge in [-0.2, -0.15) is 0 Å². The summed E-state index contributed by atoms with van der Waals surface area (Å²) in [5, 5.41) is 8.17. The second-order valence-electron chi connectivity index (χ2n) is 2.30. The summed E-state index contributed by atoms with van der Waals surface area (Å²) < 4.78 is 4.80. The van der Waals surface area contributed by atoms with Crippen LogP contribution in [0.15, 0.2) is 0 Å². The van der Waals surface area contributed by atoms with Gasteiger partial charge in [-0.1, -0.05) is 19.2 Å². The zero-order chi connectivity index (χ0) is 8.53. The van der Waals surface area contributed by atoms with Crippen molar-refractivity contribution in [3.05, 3.63) is 0 Å². The van der Waals surface area contributed by atoms with E-state index in [1.165, 1.54) is 0 Å². The first-order valence-electron chi connectivity index (χ1n) is 3.77. The molecule has 0 atom stereocenters. The number of carboxylic acid groups (broad SMARTS) is 1. The van der Waals surface area contributed by atoms with Crippen molar-refractivity contribution in [3.8, 4) is 0 Å². The molecule has 0 unspecified atom stereocenters. The molecule has 0 aromatic heterocycles. The average Bonchev–Trinajstić information content (AvgIpc) is 1.96. The Balaban J connectivity index is 0. The molecule has 3 nitrogen and oxygen atoms in total. The summed E-state index contributed by atoms with van der Waals surface area (Å²) >= 11 is 0. The maximum absolute atomic E-state index is 9.94. The zero-order valence-corrected chi connectivity index (χ0v) is 10.00. The Morgan fingerprint density at radius 2 is 2.00 bits per heavy atom. The SMILES string of the molecule is [B]CCCCCOCC(=O)O.[Y]. The van der Waals surface area contributed by atoms with Crippen molar-refractivity contribution in [2.75, 3.05) is 13.2 Å². The van der Waals surface area contributed by atoms with Crippen LogP contribution in [0, 0.1) is 0 Å². The molecule has 0 spiro atoms. The third-order valence-electron chi connectivity index (χ3n) is 1.22. The van der Waals surface area contributed by atoms with Crippen molar-refractivity contribution < 1.29 is 47.3 Å². The summed E-state index contributed by atoms with van der Waals surface area (Å²) in [6.45, 7) is 0.328. The van der Waals surface area contributed by atoms with E-state index in [0.29, 0.717) is 12.9 Å². The molecule has 0 amide bonds. The van der Waals surface area contributed by atoms with Crippen molar-refractivity contribution in [3.63, 3.8) is 0 Å². The normalized spacial score (nSPS) is 9.00. The molecule has 0 aliphatic carbocycles. The number of unbranched alkanes of at least 4 members (excludes halogenated alkanes) is 2. The van der Waals surface area contributed by atoms with Crippen LogP contribution in [0.4, 0.5) is 0 Å². The Labute approximate surface area is 99.5 Å². The van der Waals surface area contributed by atoms with Crippen LogP contribution in [0.25, 0.3) is 0 Å². The van der Waals surface area contributed by atoms with Crippen LogP contribution in [0.3, 0.4) is 0 Å². The molecule has 5 heteroatoms. The summed E-state index contributed by atoms with van der Waals surface area (Å²) in [6.07, 6.45) is 3.58. The first-order chi connectivity index (χ1) is 5.27. The zero-order valence-electron chi connectivity index (χ0n) is 7.16. The van der Waals surface area contributed by atoms with Crippen molar-refractivity contribution in [2.45, 2.75) is 25.6 Å². The van der Waals surface area contributed by atoms with E-state index in [9.17, 15) is 4.79 Å². The fraction of sp³-hybridized carbons (Fsp3) is 0.857. The van der Waals surface area contributed by atoms with Gasteiger partial charge in [-0.05, 0) is 6.42 Å². The molecule has 0 fully saturated rings. The number of carbonyl (C=O) groups is 1. The summed E-state index contributed by atoms with van der Waals surface area (Å²) in [7, 11) is 5.26. The molecule has 0 aliphatic rings. The maximum atomic E-state index is 9.94. The largest absolute Gasteiger partial charge is 0.480 e. The van der Waals surface area contributed by atoms with Crippen LogP contribution in [0.5, 0.6) is 0 Å². The second-order valence-corrected chi connectivity index (χ2v) is 2.30. The number of aliphatic carboxylic acids is 1. The molecule has 0 aromatic carbocycles. The quantitative estimate of drug-likeness (QED) is 0.534. The smallest absolute Gasteiger partial charge is 0.329 e. The van der Waals surface area contributed by atoms with Gasteiger partial charge in [-0.25, -0.2) is 4.79 Å². The monoisotopic (exact) mass is 245 g/mol. The number of hydrogen-bond acceptors (Lipinski definition) is 2. The molecule has 1 N–H and O–H groups in total. The first kappa shape index (κ1) is 15.1. The van der Waals surface area contributed by atoms with Crippen LogP contribution < -0.4 is 0 Å². The predicted octanol–water partition coefficient (Wildman–Crippen LogP) is 0.842. The average molecular weight is 245 g/mol. The molecular formula is C7H13BO3Y. The van der Waals surface area contributed by atoms with Gasteiger partial charge in [0.2, 0.25) is 0 Å². The van der Waals surface area contributed by atoms with Crippen LogP contribution >= 0.6 is 0 Å². The number of rotatable bonds is 7. The van der Waals surface area contributed by atoms with Gasteiger partial charge < -0.3 is 9.84 Å². The van der Waals surface area contributed by atoms with E-state index in [2.05, 4.69) is 0 Å². The van der Waals surface area contributed by atoms with E-state index in [1.54, 1.807) is 0 Å². The third kappa shape index (κ3) is 13.2. The Bertz CT molecular complexity index is 111. The van der Waals surface area contributed by atoms with Crippen molar-refractivity contribution in [2.24, 2.45) is 0 Å². The van der Waals surface area contributed by atoms with Gasteiger partial charge in [0.05, 0.1) is 7.85 Å². The first-order valence-corrected chi connectivity index (χ1v) is 3.77. The summed E-state index contributed by atoms with van der Waals surface area (Å²) in [5.41, 5.74) is 0. The summed E-state index contributed by atoms with van der Waals surface area (Å²) in [6, 6.07) is 0.